The molecule has 1 aromatic heterocycles. The van der Waals surface area contributed by atoms with Crippen molar-refractivity contribution in [1.29, 1.82) is 0 Å². The van der Waals surface area contributed by atoms with Crippen LogP contribution in [0.2, 0.25) is 18.1 Å². The Morgan fingerprint density at radius 3 is 2.56 bits per heavy atom. The molecule has 0 radical (unpaired) electrons. The van der Waals surface area contributed by atoms with Gasteiger partial charge >= 0.3 is 0 Å². The lowest BCUT2D eigenvalue weighted by Crippen LogP contribution is -2.40. The molecular formula is C11H19NO3Si. The molecule has 1 rings (SSSR count). The highest BCUT2D eigenvalue weighted by atomic mass is 28.4. The Morgan fingerprint density at radius 1 is 1.50 bits per heavy atom. The number of rotatable bonds is 4. The Hall–Kier alpha value is -0.943. The highest BCUT2D eigenvalue weighted by molar-refractivity contribution is 6.74. The second-order valence-corrected chi connectivity index (χ2v) is 10.2. The van der Waals surface area contributed by atoms with Gasteiger partial charge in [-0.25, -0.2) is 4.98 Å². The minimum absolute atomic E-state index is 0.105. The summed E-state index contributed by atoms with van der Waals surface area (Å²) in [5, 5.41) is 0.171. The van der Waals surface area contributed by atoms with Crippen molar-refractivity contribution in [1.82, 2.24) is 4.98 Å². The Bertz CT molecular complexity index is 366. The second kappa shape index (κ2) is 4.51. The van der Waals surface area contributed by atoms with Crippen LogP contribution >= 0.6 is 0 Å². The molecule has 0 saturated carbocycles. The van der Waals surface area contributed by atoms with Crippen LogP contribution in [0.15, 0.2) is 10.7 Å². The van der Waals surface area contributed by atoms with E-state index in [-0.39, 0.29) is 10.9 Å². The number of nitrogens with zero attached hydrogens (tertiary/aromatic N) is 1. The summed E-state index contributed by atoms with van der Waals surface area (Å²) < 4.78 is 10.9. The van der Waals surface area contributed by atoms with Gasteiger partial charge in [-0.1, -0.05) is 20.8 Å². The molecule has 0 amide bonds. The zero-order chi connectivity index (χ0) is 12.4. The predicted octanol–water partition coefficient (Wildman–Crippen LogP) is 3.01. The standard InChI is InChI=1S/C11H19NO3Si/c1-11(2,3)16(4,5)15-8-9-7-14-10(6-13)12-9/h6-7H,8H2,1-5H3. The third-order valence-corrected chi connectivity index (χ3v) is 7.54. The van der Waals surface area contributed by atoms with Crippen LogP contribution in [-0.4, -0.2) is 19.6 Å². The van der Waals surface area contributed by atoms with Crippen molar-refractivity contribution in [3.8, 4) is 0 Å². The van der Waals surface area contributed by atoms with Gasteiger partial charge in [0.15, 0.2) is 8.32 Å². The summed E-state index contributed by atoms with van der Waals surface area (Å²) >= 11 is 0. The van der Waals surface area contributed by atoms with E-state index in [0.717, 1.165) is 0 Å². The zero-order valence-corrected chi connectivity index (χ0v) is 11.5. The summed E-state index contributed by atoms with van der Waals surface area (Å²) in [5.74, 6) is 0.105. The molecule has 5 heteroatoms. The van der Waals surface area contributed by atoms with Crippen molar-refractivity contribution in [3.05, 3.63) is 17.8 Å². The predicted molar refractivity (Wildman–Crippen MR) is 63.9 cm³/mol. The Labute approximate surface area is 97.1 Å². The van der Waals surface area contributed by atoms with Gasteiger partial charge in [0, 0.05) is 0 Å². The monoisotopic (exact) mass is 241 g/mol. The molecule has 0 aliphatic rings. The lowest BCUT2D eigenvalue weighted by molar-refractivity contribution is 0.109. The highest BCUT2D eigenvalue weighted by Gasteiger charge is 2.37. The van der Waals surface area contributed by atoms with Crippen molar-refractivity contribution < 1.29 is 13.6 Å². The average Bonchev–Trinajstić information content (AvgIpc) is 2.60. The normalized spacial score (nSPS) is 12.8. The Kier molecular flexibility index (Phi) is 3.70. The van der Waals surface area contributed by atoms with Crippen LogP contribution in [0.5, 0.6) is 0 Å². The first-order valence-corrected chi connectivity index (χ1v) is 8.20. The molecule has 0 saturated heterocycles. The van der Waals surface area contributed by atoms with E-state index >= 15 is 0 Å². The number of hydrogen-bond acceptors (Lipinski definition) is 4. The molecule has 1 heterocycles. The molecule has 16 heavy (non-hydrogen) atoms. The van der Waals surface area contributed by atoms with Gasteiger partial charge in [-0.15, -0.1) is 0 Å². The first-order chi connectivity index (χ1) is 7.26. The molecule has 4 nitrogen and oxygen atoms in total. The van der Waals surface area contributed by atoms with E-state index in [1.165, 1.54) is 6.26 Å². The van der Waals surface area contributed by atoms with Crippen LogP contribution in [0.4, 0.5) is 0 Å². The molecule has 0 aliphatic carbocycles. The number of carbonyl (C=O) groups excluding carboxylic acids is 1. The van der Waals surface area contributed by atoms with E-state index in [4.69, 9.17) is 8.84 Å². The number of aldehydes is 1. The first-order valence-electron chi connectivity index (χ1n) is 5.30. The number of oxazole rings is 1. The van der Waals surface area contributed by atoms with Crippen LogP contribution in [-0.2, 0) is 11.0 Å². The van der Waals surface area contributed by atoms with Gasteiger partial charge in [0.1, 0.15) is 12.0 Å². The number of carbonyl (C=O) groups is 1. The summed E-state index contributed by atoms with van der Waals surface area (Å²) in [6.45, 7) is 11.3. The summed E-state index contributed by atoms with van der Waals surface area (Å²) in [4.78, 5) is 14.4. The molecule has 0 aliphatic heterocycles. The summed E-state index contributed by atoms with van der Waals surface area (Å²) in [7, 11) is -1.76. The fraction of sp³-hybridized carbons (Fsp3) is 0.636. The van der Waals surface area contributed by atoms with E-state index in [1.807, 2.05) is 0 Å². The number of hydrogen-bond donors (Lipinski definition) is 0. The fourth-order valence-corrected chi connectivity index (χ4v) is 1.86. The lowest BCUT2D eigenvalue weighted by Gasteiger charge is -2.35. The third kappa shape index (κ3) is 3.02. The van der Waals surface area contributed by atoms with Gasteiger partial charge in [-0.05, 0) is 18.1 Å². The maximum absolute atomic E-state index is 10.4. The molecule has 0 N–H and O–H groups in total. The van der Waals surface area contributed by atoms with E-state index in [2.05, 4.69) is 38.8 Å². The highest BCUT2D eigenvalue weighted by Crippen LogP contribution is 2.36. The first kappa shape index (κ1) is 13.1. The molecule has 0 fully saturated rings. The molecule has 0 bridgehead atoms. The van der Waals surface area contributed by atoms with E-state index < -0.39 is 8.32 Å². The SMILES string of the molecule is CC(C)(C)[Si](C)(C)OCc1coc(C=O)n1. The van der Waals surface area contributed by atoms with Crippen LogP contribution < -0.4 is 0 Å². The van der Waals surface area contributed by atoms with Gasteiger partial charge < -0.3 is 8.84 Å². The summed E-state index contributed by atoms with van der Waals surface area (Å²) in [6, 6.07) is 0. The van der Waals surface area contributed by atoms with Crippen LogP contribution in [0.1, 0.15) is 37.2 Å². The maximum atomic E-state index is 10.4. The van der Waals surface area contributed by atoms with E-state index in [9.17, 15) is 4.79 Å². The summed E-state index contributed by atoms with van der Waals surface area (Å²) in [5.41, 5.74) is 0.673. The van der Waals surface area contributed by atoms with Crippen LogP contribution in [0, 0.1) is 0 Å². The van der Waals surface area contributed by atoms with Crippen molar-refractivity contribution in [2.45, 2.75) is 45.5 Å². The van der Waals surface area contributed by atoms with Crippen molar-refractivity contribution in [3.63, 3.8) is 0 Å². The van der Waals surface area contributed by atoms with E-state index in [0.29, 0.717) is 18.6 Å². The molecular weight excluding hydrogens is 222 g/mol. The fourth-order valence-electron chi connectivity index (χ4n) is 0.914. The van der Waals surface area contributed by atoms with Gasteiger partial charge in [0.05, 0.1) is 6.61 Å². The van der Waals surface area contributed by atoms with Gasteiger partial charge in [-0.3, -0.25) is 4.79 Å². The minimum atomic E-state index is -1.76. The smallest absolute Gasteiger partial charge is 0.260 e. The van der Waals surface area contributed by atoms with Crippen LogP contribution in [0.25, 0.3) is 0 Å². The van der Waals surface area contributed by atoms with Crippen molar-refractivity contribution in [2.24, 2.45) is 0 Å². The average molecular weight is 241 g/mol. The number of aromatic nitrogens is 1. The molecule has 0 spiro atoms. The minimum Gasteiger partial charge on any atom is -0.442 e. The topological polar surface area (TPSA) is 52.3 Å². The molecule has 1 aromatic rings. The molecule has 0 unspecified atom stereocenters. The van der Waals surface area contributed by atoms with Gasteiger partial charge in [0.25, 0.3) is 5.89 Å². The Morgan fingerprint density at radius 2 is 2.12 bits per heavy atom. The Balaban J connectivity index is 2.61. The van der Waals surface area contributed by atoms with Crippen LogP contribution in [0.3, 0.4) is 0 Å². The van der Waals surface area contributed by atoms with Gasteiger partial charge in [0.2, 0.25) is 6.29 Å². The van der Waals surface area contributed by atoms with Crippen molar-refractivity contribution in [2.75, 3.05) is 0 Å². The van der Waals surface area contributed by atoms with E-state index in [1.54, 1.807) is 0 Å². The molecule has 90 valence electrons. The third-order valence-electron chi connectivity index (χ3n) is 3.06. The zero-order valence-electron chi connectivity index (χ0n) is 10.5. The summed E-state index contributed by atoms with van der Waals surface area (Å²) in [6.07, 6.45) is 2.06. The lowest BCUT2D eigenvalue weighted by atomic mass is 10.2. The van der Waals surface area contributed by atoms with Crippen molar-refractivity contribution >= 4 is 14.6 Å². The molecule has 0 atom stereocenters. The molecule has 0 aromatic carbocycles. The second-order valence-electron chi connectivity index (χ2n) is 5.34. The van der Waals surface area contributed by atoms with Gasteiger partial charge in [-0.2, -0.15) is 0 Å². The largest absolute Gasteiger partial charge is 0.442 e. The quantitative estimate of drug-likeness (QED) is 0.600. The maximum Gasteiger partial charge on any atom is 0.260 e.